The second kappa shape index (κ2) is 4.43. The molecule has 0 spiro atoms. The van der Waals surface area contributed by atoms with E-state index in [0.29, 0.717) is 12.0 Å². The van der Waals surface area contributed by atoms with Gasteiger partial charge in [0.15, 0.2) is 0 Å². The molecule has 0 aromatic carbocycles. The Morgan fingerprint density at radius 2 is 2.31 bits per heavy atom. The molecule has 1 saturated carbocycles. The van der Waals surface area contributed by atoms with E-state index in [1.165, 1.54) is 0 Å². The molecule has 0 saturated heterocycles. The third-order valence-electron chi connectivity index (χ3n) is 3.13. The number of hydrogen-bond acceptors (Lipinski definition) is 4. The lowest BCUT2D eigenvalue weighted by molar-refractivity contribution is -0.0393. The Kier molecular flexibility index (Phi) is 3.33. The summed E-state index contributed by atoms with van der Waals surface area (Å²) in [5, 5.41) is 3.20. The highest BCUT2D eigenvalue weighted by molar-refractivity contribution is 7.09. The molecule has 1 aromatic heterocycles. The third-order valence-corrected chi connectivity index (χ3v) is 4.21. The summed E-state index contributed by atoms with van der Waals surface area (Å²) in [5.74, 6) is 0.483. The maximum Gasteiger partial charge on any atom is 0.113 e. The molecule has 3 nitrogen and oxygen atoms in total. The van der Waals surface area contributed by atoms with Crippen LogP contribution in [0, 0.1) is 0 Å². The van der Waals surface area contributed by atoms with Crippen molar-refractivity contribution < 1.29 is 4.74 Å². The van der Waals surface area contributed by atoms with E-state index in [1.54, 1.807) is 11.3 Å². The fraction of sp³-hybridized carbons (Fsp3) is 0.750. The lowest BCUT2D eigenvalue weighted by Gasteiger charge is -2.42. The molecule has 1 aliphatic rings. The summed E-state index contributed by atoms with van der Waals surface area (Å²) in [6.45, 7) is 7.12. The van der Waals surface area contributed by atoms with Gasteiger partial charge in [-0.2, -0.15) is 0 Å². The maximum atomic E-state index is 6.33. The van der Waals surface area contributed by atoms with E-state index in [1.807, 2.05) is 6.92 Å². The molecule has 0 unspecified atom stereocenters. The number of aromatic nitrogens is 1. The van der Waals surface area contributed by atoms with E-state index in [9.17, 15) is 0 Å². The highest BCUT2D eigenvalue weighted by Crippen LogP contribution is 2.42. The molecule has 0 bridgehead atoms. The molecular formula is C12H20N2OS. The van der Waals surface area contributed by atoms with E-state index in [2.05, 4.69) is 24.2 Å². The molecule has 1 fully saturated rings. The minimum atomic E-state index is -0.225. The molecule has 1 heterocycles. The molecule has 1 aromatic rings. The number of ether oxygens (including phenoxy) is 1. The summed E-state index contributed by atoms with van der Waals surface area (Å²) in [4.78, 5) is 4.64. The first kappa shape index (κ1) is 12.0. The number of nitrogens with two attached hydrogens (primary N) is 1. The number of thiazole rings is 1. The zero-order valence-electron chi connectivity index (χ0n) is 10.2. The normalized spacial score (nSPS) is 29.4. The van der Waals surface area contributed by atoms with E-state index >= 15 is 0 Å². The Morgan fingerprint density at radius 3 is 2.81 bits per heavy atom. The van der Waals surface area contributed by atoms with Crippen molar-refractivity contribution in [2.45, 2.75) is 51.2 Å². The van der Waals surface area contributed by atoms with Crippen LogP contribution in [0.25, 0.3) is 0 Å². The van der Waals surface area contributed by atoms with Gasteiger partial charge >= 0.3 is 0 Å². The van der Waals surface area contributed by atoms with Gasteiger partial charge in [-0.15, -0.1) is 11.3 Å². The van der Waals surface area contributed by atoms with Gasteiger partial charge in [0, 0.05) is 12.0 Å². The largest absolute Gasteiger partial charge is 0.378 e. The molecule has 16 heavy (non-hydrogen) atoms. The highest BCUT2D eigenvalue weighted by atomic mass is 32.1. The molecular weight excluding hydrogens is 220 g/mol. The van der Waals surface area contributed by atoms with Crippen LogP contribution in [-0.2, 0) is 10.3 Å². The molecule has 2 rings (SSSR count). The van der Waals surface area contributed by atoms with Gasteiger partial charge in [0.2, 0.25) is 0 Å². The van der Waals surface area contributed by atoms with Crippen molar-refractivity contribution in [2.75, 3.05) is 6.61 Å². The van der Waals surface area contributed by atoms with Crippen LogP contribution >= 0.6 is 11.3 Å². The molecule has 2 N–H and O–H groups in total. The number of rotatable bonds is 4. The van der Waals surface area contributed by atoms with Crippen LogP contribution in [-0.4, -0.2) is 17.7 Å². The second-order valence-corrected chi connectivity index (χ2v) is 5.73. The third kappa shape index (κ3) is 2.14. The predicted octanol–water partition coefficient (Wildman–Crippen LogP) is 2.62. The van der Waals surface area contributed by atoms with Gasteiger partial charge in [-0.1, -0.05) is 13.8 Å². The number of nitrogens with zero attached hydrogens (tertiary/aromatic N) is 1. The Hall–Kier alpha value is -0.450. The van der Waals surface area contributed by atoms with Crippen molar-refractivity contribution >= 4 is 11.3 Å². The van der Waals surface area contributed by atoms with Crippen molar-refractivity contribution in [1.82, 2.24) is 4.98 Å². The van der Waals surface area contributed by atoms with Crippen LogP contribution in [0.3, 0.4) is 0 Å². The lowest BCUT2D eigenvalue weighted by atomic mass is 9.75. The van der Waals surface area contributed by atoms with Gasteiger partial charge in [0.1, 0.15) is 5.01 Å². The lowest BCUT2D eigenvalue weighted by Crippen LogP contribution is -2.52. The Balaban J connectivity index is 2.02. The zero-order chi connectivity index (χ0) is 11.8. The van der Waals surface area contributed by atoms with E-state index < -0.39 is 0 Å². The monoisotopic (exact) mass is 240 g/mol. The summed E-state index contributed by atoms with van der Waals surface area (Å²) in [6.07, 6.45) is 2.15. The average Bonchev–Trinajstić information content (AvgIpc) is 2.64. The minimum absolute atomic E-state index is 0.225. The van der Waals surface area contributed by atoms with E-state index in [-0.39, 0.29) is 5.54 Å². The van der Waals surface area contributed by atoms with Crippen LogP contribution in [0.15, 0.2) is 5.38 Å². The smallest absolute Gasteiger partial charge is 0.113 e. The van der Waals surface area contributed by atoms with Crippen LogP contribution in [0.4, 0.5) is 0 Å². The molecule has 0 amide bonds. The number of hydrogen-bond donors (Lipinski definition) is 1. The van der Waals surface area contributed by atoms with Crippen LogP contribution in [0.1, 0.15) is 50.2 Å². The predicted molar refractivity (Wildman–Crippen MR) is 66.7 cm³/mol. The van der Waals surface area contributed by atoms with Crippen molar-refractivity contribution in [2.24, 2.45) is 5.73 Å². The van der Waals surface area contributed by atoms with Gasteiger partial charge in [0.25, 0.3) is 0 Å². The molecule has 0 aliphatic heterocycles. The van der Waals surface area contributed by atoms with Crippen molar-refractivity contribution in [3.63, 3.8) is 0 Å². The molecule has 1 aliphatic carbocycles. The second-order valence-electron chi connectivity index (χ2n) is 4.87. The average molecular weight is 240 g/mol. The minimum Gasteiger partial charge on any atom is -0.378 e. The Morgan fingerprint density at radius 1 is 1.62 bits per heavy atom. The van der Waals surface area contributed by atoms with E-state index in [4.69, 9.17) is 10.5 Å². The summed E-state index contributed by atoms with van der Waals surface area (Å²) in [5.41, 5.74) is 7.26. The zero-order valence-corrected chi connectivity index (χ0v) is 11.0. The van der Waals surface area contributed by atoms with Crippen molar-refractivity contribution in [3.8, 4) is 0 Å². The fourth-order valence-corrected chi connectivity index (χ4v) is 3.18. The van der Waals surface area contributed by atoms with Gasteiger partial charge in [0.05, 0.1) is 17.3 Å². The van der Waals surface area contributed by atoms with Crippen LogP contribution < -0.4 is 5.73 Å². The van der Waals surface area contributed by atoms with Crippen LogP contribution in [0.2, 0.25) is 0 Å². The van der Waals surface area contributed by atoms with Gasteiger partial charge in [-0.3, -0.25) is 0 Å². The first-order chi connectivity index (χ1) is 7.55. The van der Waals surface area contributed by atoms with Gasteiger partial charge in [-0.25, -0.2) is 4.98 Å². The first-order valence-electron chi connectivity index (χ1n) is 5.91. The summed E-state index contributed by atoms with van der Waals surface area (Å²) >= 11 is 1.69. The molecule has 90 valence electrons. The summed E-state index contributed by atoms with van der Waals surface area (Å²) in [7, 11) is 0. The Labute approximate surface area is 101 Å². The molecule has 0 radical (unpaired) electrons. The summed E-state index contributed by atoms with van der Waals surface area (Å²) in [6, 6.07) is 0. The van der Waals surface area contributed by atoms with Crippen molar-refractivity contribution in [1.29, 1.82) is 0 Å². The highest BCUT2D eigenvalue weighted by Gasteiger charge is 2.45. The SMILES string of the molecule is CCOC1CC(N)(c2nc(C(C)C)cs2)C1. The topological polar surface area (TPSA) is 48.1 Å². The molecule has 4 heteroatoms. The standard InChI is InChI=1S/C12H20N2OS/c1-4-15-9-5-12(13,6-9)11-14-10(7-16-11)8(2)3/h7-9H,4-6,13H2,1-3H3. The van der Waals surface area contributed by atoms with E-state index in [0.717, 1.165) is 30.2 Å². The van der Waals surface area contributed by atoms with Gasteiger partial charge in [-0.05, 0) is 25.7 Å². The Bertz CT molecular complexity index is 356. The molecule has 0 atom stereocenters. The van der Waals surface area contributed by atoms with Gasteiger partial charge < -0.3 is 10.5 Å². The quantitative estimate of drug-likeness (QED) is 0.880. The summed E-state index contributed by atoms with van der Waals surface area (Å²) < 4.78 is 5.55. The fourth-order valence-electron chi connectivity index (χ4n) is 2.06. The van der Waals surface area contributed by atoms with Crippen LogP contribution in [0.5, 0.6) is 0 Å². The maximum absolute atomic E-state index is 6.33. The van der Waals surface area contributed by atoms with Crippen molar-refractivity contribution in [3.05, 3.63) is 16.1 Å². The first-order valence-corrected chi connectivity index (χ1v) is 6.79.